The highest BCUT2D eigenvalue weighted by Crippen LogP contribution is 2.37. The van der Waals surface area contributed by atoms with Crippen molar-refractivity contribution in [2.45, 2.75) is 51.7 Å². The molecule has 2 aromatic rings. The number of morpholine rings is 1. The molecule has 0 bridgehead atoms. The molecule has 23 heavy (non-hydrogen) atoms. The number of aryl methyl sites for hydroxylation is 2. The second-order valence-corrected chi connectivity index (χ2v) is 7.77. The molecule has 0 saturated carbocycles. The average Bonchev–Trinajstić information content (AvgIpc) is 2.70. The van der Waals surface area contributed by atoms with Gasteiger partial charge in [-0.15, -0.1) is 11.3 Å². The van der Waals surface area contributed by atoms with Crippen molar-refractivity contribution < 1.29 is 4.74 Å². The number of nitrogens with zero attached hydrogens (tertiary/aromatic N) is 3. The number of hydrogen-bond donors (Lipinski definition) is 1. The summed E-state index contributed by atoms with van der Waals surface area (Å²) in [5.74, 6) is 1.52. The van der Waals surface area contributed by atoms with Gasteiger partial charge in [-0.2, -0.15) is 0 Å². The number of ether oxygens (including phenoxy) is 1. The van der Waals surface area contributed by atoms with E-state index < -0.39 is 0 Å². The summed E-state index contributed by atoms with van der Waals surface area (Å²) in [5.41, 5.74) is 7.74. The number of nitrogen functional groups attached to an aromatic ring is 1. The molecule has 0 aromatic carbocycles. The van der Waals surface area contributed by atoms with Crippen LogP contribution in [0.4, 0.5) is 5.82 Å². The summed E-state index contributed by atoms with van der Waals surface area (Å²) in [5, 5.41) is 1.13. The first-order chi connectivity index (χ1) is 11.2. The lowest BCUT2D eigenvalue weighted by atomic mass is 10.1. The monoisotopic (exact) mass is 332 g/mol. The summed E-state index contributed by atoms with van der Waals surface area (Å²) in [7, 11) is 0. The SMILES string of the molecule is CC1CN(Cc2nc(N)c3c4c(sc3n2)CCCCC4)CCO1. The summed E-state index contributed by atoms with van der Waals surface area (Å²) in [6, 6.07) is 0. The molecule has 1 fully saturated rings. The van der Waals surface area contributed by atoms with E-state index in [0.717, 1.165) is 48.7 Å². The van der Waals surface area contributed by atoms with Crippen molar-refractivity contribution >= 4 is 27.4 Å². The van der Waals surface area contributed by atoms with Crippen LogP contribution in [-0.4, -0.2) is 40.7 Å². The van der Waals surface area contributed by atoms with E-state index in [2.05, 4.69) is 16.8 Å². The summed E-state index contributed by atoms with van der Waals surface area (Å²) in [4.78, 5) is 14.4. The lowest BCUT2D eigenvalue weighted by molar-refractivity contribution is -0.0219. The minimum Gasteiger partial charge on any atom is -0.383 e. The fraction of sp³-hybridized carbons (Fsp3) is 0.647. The van der Waals surface area contributed by atoms with Crippen LogP contribution >= 0.6 is 11.3 Å². The van der Waals surface area contributed by atoms with Gasteiger partial charge in [-0.25, -0.2) is 9.97 Å². The number of rotatable bonds is 2. The Morgan fingerprint density at radius 3 is 3.00 bits per heavy atom. The molecule has 1 atom stereocenters. The molecule has 3 heterocycles. The Balaban J connectivity index is 1.65. The van der Waals surface area contributed by atoms with E-state index in [4.69, 9.17) is 15.5 Å². The van der Waals surface area contributed by atoms with Gasteiger partial charge in [-0.05, 0) is 38.2 Å². The summed E-state index contributed by atoms with van der Waals surface area (Å²) in [6.45, 7) is 5.53. The molecule has 0 spiro atoms. The second kappa shape index (κ2) is 6.34. The largest absolute Gasteiger partial charge is 0.383 e. The number of thiophene rings is 1. The van der Waals surface area contributed by atoms with Crippen molar-refractivity contribution in [3.05, 3.63) is 16.3 Å². The highest BCUT2D eigenvalue weighted by Gasteiger charge is 2.21. The number of aromatic nitrogens is 2. The molecule has 0 amide bonds. The molecule has 6 heteroatoms. The van der Waals surface area contributed by atoms with E-state index in [1.54, 1.807) is 0 Å². The van der Waals surface area contributed by atoms with Gasteiger partial charge >= 0.3 is 0 Å². The zero-order valence-electron chi connectivity index (χ0n) is 13.7. The summed E-state index contributed by atoms with van der Waals surface area (Å²) >= 11 is 1.83. The highest BCUT2D eigenvalue weighted by molar-refractivity contribution is 7.18. The van der Waals surface area contributed by atoms with Gasteiger partial charge in [0.25, 0.3) is 0 Å². The van der Waals surface area contributed by atoms with E-state index in [-0.39, 0.29) is 6.10 Å². The summed E-state index contributed by atoms with van der Waals surface area (Å²) < 4.78 is 5.60. The third-order valence-corrected chi connectivity index (χ3v) is 6.01. The summed E-state index contributed by atoms with van der Waals surface area (Å²) in [6.07, 6.45) is 6.44. The maximum absolute atomic E-state index is 6.32. The van der Waals surface area contributed by atoms with Gasteiger partial charge in [0.15, 0.2) is 0 Å². The van der Waals surface area contributed by atoms with E-state index in [0.29, 0.717) is 5.82 Å². The van der Waals surface area contributed by atoms with Crippen LogP contribution in [0.2, 0.25) is 0 Å². The smallest absolute Gasteiger partial charge is 0.146 e. The quantitative estimate of drug-likeness (QED) is 0.857. The fourth-order valence-electron chi connectivity index (χ4n) is 3.71. The number of hydrogen-bond acceptors (Lipinski definition) is 6. The molecule has 1 unspecified atom stereocenters. The van der Waals surface area contributed by atoms with E-state index in [9.17, 15) is 0 Å². The predicted molar refractivity (Wildman–Crippen MR) is 93.8 cm³/mol. The van der Waals surface area contributed by atoms with Gasteiger partial charge in [0.05, 0.1) is 24.6 Å². The third kappa shape index (κ3) is 3.07. The number of nitrogens with two attached hydrogens (primary N) is 1. The topological polar surface area (TPSA) is 64.3 Å². The Morgan fingerprint density at radius 1 is 1.26 bits per heavy atom. The van der Waals surface area contributed by atoms with Crippen LogP contribution in [0.1, 0.15) is 42.5 Å². The number of fused-ring (bicyclic) bond motifs is 3. The standard InChI is InChI=1S/C17H24N4OS/c1-11-9-21(7-8-22-11)10-14-19-16(18)15-12-5-3-2-4-6-13(12)23-17(15)20-14/h11H,2-10H2,1H3,(H2,18,19,20). The Morgan fingerprint density at radius 2 is 2.13 bits per heavy atom. The second-order valence-electron chi connectivity index (χ2n) is 6.69. The molecule has 124 valence electrons. The van der Waals surface area contributed by atoms with Crippen molar-refractivity contribution in [1.82, 2.24) is 14.9 Å². The van der Waals surface area contributed by atoms with Gasteiger partial charge in [0.1, 0.15) is 16.5 Å². The van der Waals surface area contributed by atoms with E-state index in [1.807, 2.05) is 11.3 Å². The molecular formula is C17H24N4OS. The molecule has 2 aromatic heterocycles. The lowest BCUT2D eigenvalue weighted by Gasteiger charge is -2.30. The molecule has 1 aliphatic carbocycles. The lowest BCUT2D eigenvalue weighted by Crippen LogP contribution is -2.40. The van der Waals surface area contributed by atoms with Crippen LogP contribution in [0, 0.1) is 0 Å². The fourth-order valence-corrected chi connectivity index (χ4v) is 5.00. The van der Waals surface area contributed by atoms with Crippen LogP contribution in [0.25, 0.3) is 10.2 Å². The average molecular weight is 332 g/mol. The van der Waals surface area contributed by atoms with Gasteiger partial charge < -0.3 is 10.5 Å². The molecule has 0 radical (unpaired) electrons. The molecule has 5 nitrogen and oxygen atoms in total. The predicted octanol–water partition coefficient (Wildman–Crippen LogP) is 2.76. The van der Waals surface area contributed by atoms with Gasteiger partial charge in [-0.1, -0.05) is 6.42 Å². The first kappa shape index (κ1) is 15.3. The molecule has 2 N–H and O–H groups in total. The highest BCUT2D eigenvalue weighted by atomic mass is 32.1. The zero-order chi connectivity index (χ0) is 15.8. The Kier molecular flexibility index (Phi) is 4.22. The first-order valence-electron chi connectivity index (χ1n) is 8.61. The minimum atomic E-state index is 0.280. The van der Waals surface area contributed by atoms with Crippen molar-refractivity contribution in [1.29, 1.82) is 0 Å². The van der Waals surface area contributed by atoms with Crippen molar-refractivity contribution in [2.24, 2.45) is 0 Å². The van der Waals surface area contributed by atoms with Gasteiger partial charge in [0.2, 0.25) is 0 Å². The number of anilines is 1. The molecule has 1 saturated heterocycles. The van der Waals surface area contributed by atoms with Gasteiger partial charge in [-0.3, -0.25) is 4.90 Å². The zero-order valence-corrected chi connectivity index (χ0v) is 14.5. The van der Waals surface area contributed by atoms with E-state index >= 15 is 0 Å². The maximum atomic E-state index is 6.32. The van der Waals surface area contributed by atoms with Gasteiger partial charge in [0, 0.05) is 18.0 Å². The van der Waals surface area contributed by atoms with Crippen LogP contribution in [0.15, 0.2) is 0 Å². The Hall–Kier alpha value is -1.24. The Labute approximate surface area is 140 Å². The molecular weight excluding hydrogens is 308 g/mol. The molecule has 1 aliphatic heterocycles. The van der Waals surface area contributed by atoms with E-state index in [1.165, 1.54) is 36.1 Å². The van der Waals surface area contributed by atoms with Crippen molar-refractivity contribution in [3.63, 3.8) is 0 Å². The van der Waals surface area contributed by atoms with Crippen LogP contribution in [0.3, 0.4) is 0 Å². The first-order valence-corrected chi connectivity index (χ1v) is 9.43. The maximum Gasteiger partial charge on any atom is 0.146 e. The van der Waals surface area contributed by atoms with Crippen LogP contribution < -0.4 is 5.73 Å². The molecule has 4 rings (SSSR count). The third-order valence-electron chi connectivity index (χ3n) is 4.83. The van der Waals surface area contributed by atoms with Crippen molar-refractivity contribution in [2.75, 3.05) is 25.4 Å². The van der Waals surface area contributed by atoms with Crippen LogP contribution in [-0.2, 0) is 24.1 Å². The van der Waals surface area contributed by atoms with Crippen LogP contribution in [0.5, 0.6) is 0 Å². The normalized spacial score (nSPS) is 22.9. The Bertz CT molecular complexity index is 714. The van der Waals surface area contributed by atoms with Crippen molar-refractivity contribution in [3.8, 4) is 0 Å². The minimum absolute atomic E-state index is 0.280. The molecule has 2 aliphatic rings.